The van der Waals surface area contributed by atoms with E-state index in [1.165, 1.54) is 4.90 Å². The third-order valence-electron chi connectivity index (χ3n) is 5.97. The van der Waals surface area contributed by atoms with E-state index in [0.717, 1.165) is 55.2 Å². The van der Waals surface area contributed by atoms with Crippen LogP contribution >= 0.6 is 39.3 Å². The summed E-state index contributed by atoms with van der Waals surface area (Å²) in [6.07, 6.45) is 1.83. The van der Waals surface area contributed by atoms with Crippen LogP contribution in [0.15, 0.2) is 76.1 Å². The number of aryl methyl sites for hydroxylation is 1. The number of hydrogen-bond donors (Lipinski definition) is 0. The van der Waals surface area contributed by atoms with Crippen LogP contribution in [-0.4, -0.2) is 20.6 Å². The highest BCUT2D eigenvalue weighted by Gasteiger charge is 2.35. The van der Waals surface area contributed by atoms with Gasteiger partial charge in [-0.2, -0.15) is 0 Å². The average molecular weight is 552 g/mol. The van der Waals surface area contributed by atoms with E-state index >= 15 is 0 Å². The SMILES string of the molecule is Cc1cc(/C=C2\SC(=O)N(Cc3ccc(Cl)cc3)C2=O)c(C)n1-c1ccc(Br)c2ccccc12. The molecule has 0 N–H and O–H groups in total. The van der Waals surface area contributed by atoms with E-state index in [9.17, 15) is 9.59 Å². The molecule has 4 nitrogen and oxygen atoms in total. The van der Waals surface area contributed by atoms with Crippen molar-refractivity contribution in [2.24, 2.45) is 0 Å². The first kappa shape index (κ1) is 23.0. The fourth-order valence-corrected chi connectivity index (χ4v) is 5.73. The fraction of sp³-hybridized carbons (Fsp3) is 0.111. The second-order valence-corrected chi connectivity index (χ2v) is 10.5. The monoisotopic (exact) mass is 550 g/mol. The van der Waals surface area contributed by atoms with Crippen molar-refractivity contribution in [2.45, 2.75) is 20.4 Å². The van der Waals surface area contributed by atoms with Crippen LogP contribution in [0, 0.1) is 13.8 Å². The minimum absolute atomic E-state index is 0.225. The molecule has 3 aromatic carbocycles. The van der Waals surface area contributed by atoms with E-state index in [2.05, 4.69) is 50.8 Å². The van der Waals surface area contributed by atoms with Gasteiger partial charge in [-0.25, -0.2) is 0 Å². The Morgan fingerprint density at radius 2 is 1.68 bits per heavy atom. The predicted octanol–water partition coefficient (Wildman–Crippen LogP) is 7.90. The molecule has 7 heteroatoms. The van der Waals surface area contributed by atoms with Crippen LogP contribution < -0.4 is 0 Å². The van der Waals surface area contributed by atoms with Crippen LogP contribution in [0.25, 0.3) is 22.5 Å². The largest absolute Gasteiger partial charge is 0.317 e. The average Bonchev–Trinajstić information content (AvgIpc) is 3.25. The van der Waals surface area contributed by atoms with Crippen LogP contribution in [0.5, 0.6) is 0 Å². The van der Waals surface area contributed by atoms with Gasteiger partial charge in [-0.05, 0) is 78.5 Å². The highest BCUT2D eigenvalue weighted by Crippen LogP contribution is 2.36. The molecule has 0 bridgehead atoms. The summed E-state index contributed by atoms with van der Waals surface area (Å²) in [7, 11) is 0. The maximum atomic E-state index is 13.1. The highest BCUT2D eigenvalue weighted by atomic mass is 79.9. The second-order valence-electron chi connectivity index (χ2n) is 8.17. The lowest BCUT2D eigenvalue weighted by Crippen LogP contribution is -2.27. The van der Waals surface area contributed by atoms with Gasteiger partial charge < -0.3 is 4.57 Å². The Labute approximate surface area is 215 Å². The van der Waals surface area contributed by atoms with Crippen molar-refractivity contribution in [1.29, 1.82) is 0 Å². The molecule has 0 spiro atoms. The fourth-order valence-electron chi connectivity index (χ4n) is 4.30. The Morgan fingerprint density at radius 1 is 0.971 bits per heavy atom. The molecule has 0 saturated carbocycles. The summed E-state index contributed by atoms with van der Waals surface area (Å²) in [5.74, 6) is -0.274. The molecule has 2 heterocycles. The van der Waals surface area contributed by atoms with Gasteiger partial charge >= 0.3 is 0 Å². The van der Waals surface area contributed by atoms with Gasteiger partial charge in [-0.15, -0.1) is 0 Å². The van der Waals surface area contributed by atoms with Gasteiger partial charge in [0.05, 0.1) is 17.1 Å². The lowest BCUT2D eigenvalue weighted by molar-refractivity contribution is -0.123. The Morgan fingerprint density at radius 3 is 2.41 bits per heavy atom. The summed E-state index contributed by atoms with van der Waals surface area (Å²) in [6.45, 7) is 4.31. The van der Waals surface area contributed by atoms with Gasteiger partial charge in [0.2, 0.25) is 0 Å². The summed E-state index contributed by atoms with van der Waals surface area (Å²) < 4.78 is 3.24. The van der Waals surface area contributed by atoms with Crippen molar-refractivity contribution < 1.29 is 9.59 Å². The van der Waals surface area contributed by atoms with Crippen molar-refractivity contribution in [3.05, 3.63) is 104 Å². The molecule has 0 radical (unpaired) electrons. The zero-order valence-electron chi connectivity index (χ0n) is 18.5. The highest BCUT2D eigenvalue weighted by molar-refractivity contribution is 9.10. The van der Waals surface area contributed by atoms with E-state index < -0.39 is 0 Å². The third-order valence-corrected chi connectivity index (χ3v) is 7.82. The Bertz CT molecular complexity index is 1490. The maximum Gasteiger partial charge on any atom is 0.293 e. The normalized spacial score (nSPS) is 15.2. The molecule has 1 aliphatic rings. The first-order valence-corrected chi connectivity index (χ1v) is 12.7. The molecular weight excluding hydrogens is 532 g/mol. The van der Waals surface area contributed by atoms with Crippen molar-refractivity contribution in [1.82, 2.24) is 9.47 Å². The van der Waals surface area contributed by atoms with Crippen molar-refractivity contribution in [2.75, 3.05) is 0 Å². The molecule has 34 heavy (non-hydrogen) atoms. The van der Waals surface area contributed by atoms with Crippen molar-refractivity contribution in [3.63, 3.8) is 0 Å². The number of rotatable bonds is 4. The first-order valence-electron chi connectivity index (χ1n) is 10.7. The summed E-state index contributed by atoms with van der Waals surface area (Å²) in [4.78, 5) is 27.4. The minimum Gasteiger partial charge on any atom is -0.317 e. The Kier molecular flexibility index (Phi) is 6.15. The molecule has 1 saturated heterocycles. The molecule has 0 unspecified atom stereocenters. The number of hydrogen-bond acceptors (Lipinski definition) is 3. The first-order chi connectivity index (χ1) is 16.3. The number of thioether (sulfide) groups is 1. The molecule has 1 aromatic heterocycles. The van der Waals surface area contributed by atoms with Crippen LogP contribution in [0.1, 0.15) is 22.5 Å². The quantitative estimate of drug-likeness (QED) is 0.242. The van der Waals surface area contributed by atoms with E-state index in [1.54, 1.807) is 12.1 Å². The predicted molar refractivity (Wildman–Crippen MR) is 143 cm³/mol. The molecule has 1 fully saturated rings. The zero-order chi connectivity index (χ0) is 24.0. The third kappa shape index (κ3) is 4.11. The van der Waals surface area contributed by atoms with Crippen LogP contribution in [-0.2, 0) is 11.3 Å². The van der Waals surface area contributed by atoms with E-state index in [1.807, 2.05) is 44.2 Å². The van der Waals surface area contributed by atoms with Gasteiger partial charge in [-0.3, -0.25) is 14.5 Å². The van der Waals surface area contributed by atoms with Crippen LogP contribution in [0.3, 0.4) is 0 Å². The number of fused-ring (bicyclic) bond motifs is 1. The molecule has 1 aliphatic heterocycles. The van der Waals surface area contributed by atoms with Crippen LogP contribution in [0.4, 0.5) is 4.79 Å². The van der Waals surface area contributed by atoms with Crippen molar-refractivity contribution >= 4 is 67.3 Å². The van der Waals surface area contributed by atoms with E-state index in [4.69, 9.17) is 11.6 Å². The summed E-state index contributed by atoms with van der Waals surface area (Å²) >= 11 is 10.6. The lowest BCUT2D eigenvalue weighted by atomic mass is 10.1. The standard InChI is InChI=1S/C27H20BrClN2O2S/c1-16-13-19(17(2)31(16)24-12-11-23(28)21-5-3-4-6-22(21)24)14-25-26(32)30(27(33)34-25)15-18-7-9-20(29)10-8-18/h3-14H,15H2,1-2H3/b25-14-. The Balaban J connectivity index is 1.50. The van der Waals surface area contributed by atoms with E-state index in [0.29, 0.717) is 9.93 Å². The number of halogens is 2. The van der Waals surface area contributed by atoms with Crippen molar-refractivity contribution in [3.8, 4) is 5.69 Å². The number of amides is 2. The molecule has 5 rings (SSSR count). The topological polar surface area (TPSA) is 42.3 Å². The number of carbonyl (C=O) groups is 2. The number of aromatic nitrogens is 1. The second kappa shape index (κ2) is 9.10. The molecular formula is C27H20BrClN2O2S. The molecule has 170 valence electrons. The van der Waals surface area contributed by atoms with Crippen LogP contribution in [0.2, 0.25) is 5.02 Å². The lowest BCUT2D eigenvalue weighted by Gasteiger charge is -2.14. The minimum atomic E-state index is -0.274. The Hall–Kier alpha value is -2.80. The van der Waals surface area contributed by atoms with Gasteiger partial charge in [0.1, 0.15) is 0 Å². The van der Waals surface area contributed by atoms with Gasteiger partial charge in [0, 0.05) is 26.3 Å². The zero-order valence-corrected chi connectivity index (χ0v) is 21.7. The smallest absolute Gasteiger partial charge is 0.293 e. The molecule has 4 aromatic rings. The van der Waals surface area contributed by atoms with Gasteiger partial charge in [0.15, 0.2) is 0 Å². The molecule has 0 atom stereocenters. The number of carbonyl (C=O) groups excluding carboxylic acids is 2. The summed E-state index contributed by atoms with van der Waals surface area (Å²) in [5, 5.41) is 2.62. The number of nitrogens with zero attached hydrogens (tertiary/aromatic N) is 2. The van der Waals surface area contributed by atoms with E-state index in [-0.39, 0.29) is 17.7 Å². The summed E-state index contributed by atoms with van der Waals surface area (Å²) in [6, 6.07) is 21.6. The van der Waals surface area contributed by atoms with Gasteiger partial charge in [-0.1, -0.05) is 63.9 Å². The summed E-state index contributed by atoms with van der Waals surface area (Å²) in [5.41, 5.74) is 4.91. The number of benzene rings is 3. The molecule has 2 amide bonds. The van der Waals surface area contributed by atoms with Gasteiger partial charge in [0.25, 0.3) is 11.1 Å². The number of imide groups is 1. The maximum absolute atomic E-state index is 13.1. The molecule has 0 aliphatic carbocycles.